The number of carbonyl (C=O) groups is 1. The van der Waals surface area contributed by atoms with Crippen LogP contribution < -0.4 is 21.5 Å². The molecule has 0 fully saturated rings. The Morgan fingerprint density at radius 1 is 1.19 bits per heavy atom. The summed E-state index contributed by atoms with van der Waals surface area (Å²) in [6, 6.07) is 7.62. The van der Waals surface area contributed by atoms with Crippen molar-refractivity contribution in [2.75, 3.05) is 18.4 Å². The summed E-state index contributed by atoms with van der Waals surface area (Å²) in [6.07, 6.45) is 2.59. The number of nitrogens with one attached hydrogen (secondary N) is 2. The van der Waals surface area contributed by atoms with E-state index in [2.05, 4.69) is 15.6 Å². The van der Waals surface area contributed by atoms with Crippen molar-refractivity contribution in [3.8, 4) is 0 Å². The van der Waals surface area contributed by atoms with Gasteiger partial charge in [-0.05, 0) is 30.5 Å². The number of anilines is 1. The minimum Gasteiger partial charge on any atom is -0.424 e. The van der Waals surface area contributed by atoms with E-state index >= 15 is 0 Å². The van der Waals surface area contributed by atoms with Gasteiger partial charge in [-0.25, -0.2) is 18.4 Å². The van der Waals surface area contributed by atoms with Crippen molar-refractivity contribution < 1.29 is 18.4 Å². The molecule has 0 aliphatic heterocycles. The van der Waals surface area contributed by atoms with E-state index in [-0.39, 0.29) is 10.8 Å². The molecule has 0 saturated carbocycles. The summed E-state index contributed by atoms with van der Waals surface area (Å²) in [5.74, 6) is 0.213. The third-order valence-corrected chi connectivity index (χ3v) is 4.59. The Morgan fingerprint density at radius 3 is 2.52 bits per heavy atom. The predicted molar refractivity (Wildman–Crippen MR) is 97.9 cm³/mol. The first-order chi connectivity index (χ1) is 12.8. The van der Waals surface area contributed by atoms with Gasteiger partial charge in [-0.2, -0.15) is 4.98 Å². The number of nitrogens with two attached hydrogens (primary N) is 1. The lowest BCUT2D eigenvalue weighted by Gasteiger charge is -2.07. The second kappa shape index (κ2) is 9.14. The van der Waals surface area contributed by atoms with Gasteiger partial charge in [0.05, 0.1) is 11.1 Å². The van der Waals surface area contributed by atoms with Gasteiger partial charge in [0.2, 0.25) is 15.9 Å². The second-order valence-electron chi connectivity index (χ2n) is 5.76. The lowest BCUT2D eigenvalue weighted by Crippen LogP contribution is -2.26. The zero-order valence-electron chi connectivity index (χ0n) is 14.5. The number of benzene rings is 1. The minimum atomic E-state index is -3.70. The summed E-state index contributed by atoms with van der Waals surface area (Å²) in [7, 11) is -3.70. The van der Waals surface area contributed by atoms with E-state index in [1.165, 1.54) is 24.4 Å². The number of primary sulfonamides is 1. The van der Waals surface area contributed by atoms with Gasteiger partial charge in [-0.1, -0.05) is 12.1 Å². The summed E-state index contributed by atoms with van der Waals surface area (Å²) in [5.41, 5.74) is 0.101. The van der Waals surface area contributed by atoms with E-state index in [4.69, 9.17) is 10.3 Å². The van der Waals surface area contributed by atoms with Crippen LogP contribution in [0.2, 0.25) is 0 Å². The maximum atomic E-state index is 11.8. The fourth-order valence-corrected chi connectivity index (χ4v) is 2.76. The predicted octanol–water partition coefficient (Wildman–Crippen LogP) is -0.321. The first-order valence-electron chi connectivity index (χ1n) is 8.17. The highest BCUT2D eigenvalue weighted by Crippen LogP contribution is 2.09. The zero-order chi connectivity index (χ0) is 19.9. The average Bonchev–Trinajstić information content (AvgIpc) is 2.61. The molecule has 1 amide bonds. The summed E-state index contributed by atoms with van der Waals surface area (Å²) >= 11 is 0. The van der Waals surface area contributed by atoms with Crippen LogP contribution in [0.3, 0.4) is 0 Å². The lowest BCUT2D eigenvalue weighted by atomic mass is 10.1. The van der Waals surface area contributed by atoms with E-state index in [0.717, 1.165) is 5.56 Å². The van der Waals surface area contributed by atoms with Crippen LogP contribution in [-0.4, -0.2) is 42.3 Å². The standard InChI is InChI=1S/C16H21N5O5S/c17-27(25,26)13-5-3-12(4-6-13)7-10-19-15(22)2-1-9-18-14-8-11-21(24)16(23)20-14/h3-6,8,11,24H,1-2,7,9-10H2,(H,19,22)(H2,17,25,26)(H,18,20,23). The van der Waals surface area contributed by atoms with Crippen LogP contribution in [0.1, 0.15) is 18.4 Å². The van der Waals surface area contributed by atoms with E-state index in [1.807, 2.05) is 0 Å². The maximum absolute atomic E-state index is 11.8. The van der Waals surface area contributed by atoms with Gasteiger partial charge in [-0.3, -0.25) is 4.79 Å². The van der Waals surface area contributed by atoms with E-state index in [0.29, 0.717) is 42.9 Å². The normalized spacial score (nSPS) is 11.1. The molecule has 146 valence electrons. The quantitative estimate of drug-likeness (QED) is 0.335. The van der Waals surface area contributed by atoms with Gasteiger partial charge < -0.3 is 15.8 Å². The molecule has 0 unspecified atom stereocenters. The molecule has 0 atom stereocenters. The van der Waals surface area contributed by atoms with Crippen molar-refractivity contribution >= 4 is 21.7 Å². The second-order valence-corrected chi connectivity index (χ2v) is 7.32. The first kappa shape index (κ1) is 20.4. The summed E-state index contributed by atoms with van der Waals surface area (Å²) in [5, 5.41) is 19.7. The Morgan fingerprint density at radius 2 is 1.89 bits per heavy atom. The van der Waals surface area contributed by atoms with Gasteiger partial charge in [-0.15, -0.1) is 4.73 Å². The van der Waals surface area contributed by atoms with Crippen LogP contribution in [0.5, 0.6) is 0 Å². The Labute approximate surface area is 156 Å². The van der Waals surface area contributed by atoms with Crippen molar-refractivity contribution in [1.29, 1.82) is 0 Å². The Balaban J connectivity index is 1.64. The summed E-state index contributed by atoms with van der Waals surface area (Å²) < 4.78 is 22.7. The number of carbonyl (C=O) groups excluding carboxylic acids is 1. The highest BCUT2D eigenvalue weighted by atomic mass is 32.2. The molecule has 5 N–H and O–H groups in total. The lowest BCUT2D eigenvalue weighted by molar-refractivity contribution is -0.121. The molecule has 2 rings (SSSR count). The van der Waals surface area contributed by atoms with Crippen molar-refractivity contribution in [3.05, 3.63) is 52.6 Å². The molecule has 0 bridgehead atoms. The van der Waals surface area contributed by atoms with Crippen molar-refractivity contribution in [2.45, 2.75) is 24.2 Å². The van der Waals surface area contributed by atoms with Crippen LogP contribution in [-0.2, 0) is 21.2 Å². The third-order valence-electron chi connectivity index (χ3n) is 3.66. The van der Waals surface area contributed by atoms with Crippen molar-refractivity contribution in [2.24, 2.45) is 5.14 Å². The Hall–Kier alpha value is -2.92. The monoisotopic (exact) mass is 395 g/mol. The number of nitrogens with zero attached hydrogens (tertiary/aromatic N) is 2. The number of rotatable bonds is 9. The average molecular weight is 395 g/mol. The van der Waals surface area contributed by atoms with Gasteiger partial charge in [0.15, 0.2) is 0 Å². The molecule has 0 aliphatic rings. The highest BCUT2D eigenvalue weighted by Gasteiger charge is 2.07. The summed E-state index contributed by atoms with van der Waals surface area (Å²) in [6.45, 7) is 0.877. The molecule has 11 heteroatoms. The molecule has 0 saturated heterocycles. The zero-order valence-corrected chi connectivity index (χ0v) is 15.3. The fourth-order valence-electron chi connectivity index (χ4n) is 2.24. The number of sulfonamides is 1. The van der Waals surface area contributed by atoms with E-state index in [9.17, 15) is 18.0 Å². The molecule has 0 spiro atoms. The fraction of sp³-hybridized carbons (Fsp3) is 0.312. The Kier molecular flexibility index (Phi) is 6.91. The van der Waals surface area contributed by atoms with Crippen LogP contribution in [0.15, 0.2) is 46.2 Å². The molecule has 10 nitrogen and oxygen atoms in total. The topological polar surface area (TPSA) is 156 Å². The van der Waals surface area contributed by atoms with Crippen LogP contribution in [0.4, 0.5) is 5.82 Å². The van der Waals surface area contributed by atoms with Gasteiger partial charge in [0.25, 0.3) is 0 Å². The summed E-state index contributed by atoms with van der Waals surface area (Å²) in [4.78, 5) is 26.6. The number of hydrogen-bond acceptors (Lipinski definition) is 7. The van der Waals surface area contributed by atoms with E-state index in [1.54, 1.807) is 12.1 Å². The van der Waals surface area contributed by atoms with Crippen LogP contribution in [0.25, 0.3) is 0 Å². The van der Waals surface area contributed by atoms with Crippen LogP contribution >= 0.6 is 0 Å². The Bertz CT molecular complexity index is 940. The SMILES string of the molecule is NS(=O)(=O)c1ccc(CCNC(=O)CCCNc2ccn(O)c(=O)n2)cc1. The maximum Gasteiger partial charge on any atom is 0.382 e. The minimum absolute atomic E-state index is 0.0496. The molecule has 1 aromatic heterocycles. The van der Waals surface area contributed by atoms with Crippen LogP contribution in [0, 0.1) is 0 Å². The molecule has 0 aliphatic carbocycles. The van der Waals surface area contributed by atoms with Crippen molar-refractivity contribution in [3.63, 3.8) is 0 Å². The van der Waals surface area contributed by atoms with E-state index < -0.39 is 15.7 Å². The molecule has 2 aromatic rings. The van der Waals surface area contributed by atoms with Crippen molar-refractivity contribution in [1.82, 2.24) is 15.0 Å². The molecular formula is C16H21N5O5S. The third kappa shape index (κ3) is 6.72. The molecule has 1 aromatic carbocycles. The highest BCUT2D eigenvalue weighted by molar-refractivity contribution is 7.89. The first-order valence-corrected chi connectivity index (χ1v) is 9.71. The van der Waals surface area contributed by atoms with Gasteiger partial charge >= 0.3 is 5.69 Å². The number of aromatic nitrogens is 2. The molecular weight excluding hydrogens is 374 g/mol. The molecule has 0 radical (unpaired) electrons. The van der Waals surface area contributed by atoms with Gasteiger partial charge in [0, 0.05) is 25.6 Å². The molecule has 27 heavy (non-hydrogen) atoms. The largest absolute Gasteiger partial charge is 0.424 e. The molecule has 1 heterocycles. The number of amides is 1. The van der Waals surface area contributed by atoms with Gasteiger partial charge in [0.1, 0.15) is 5.82 Å². The number of hydrogen-bond donors (Lipinski definition) is 4. The smallest absolute Gasteiger partial charge is 0.382 e.